The molecule has 4 aromatic rings. The number of phenolic OH excluding ortho intramolecular Hbond substituents is 1. The average molecular weight is 521 g/mol. The number of nitriles is 1. The van der Waals surface area contributed by atoms with Crippen molar-refractivity contribution >= 4 is 16.9 Å². The Morgan fingerprint density at radius 1 is 1.13 bits per heavy atom. The normalized spacial score (nSPS) is 14.2. The highest BCUT2D eigenvalue weighted by Crippen LogP contribution is 2.55. The quantitative estimate of drug-likeness (QED) is 0.293. The lowest BCUT2D eigenvalue weighted by Crippen LogP contribution is -2.36. The van der Waals surface area contributed by atoms with Crippen LogP contribution in [-0.2, 0) is 5.41 Å². The molecule has 3 aromatic carbocycles. The fourth-order valence-electron chi connectivity index (χ4n) is 5.47. The highest BCUT2D eigenvalue weighted by molar-refractivity contribution is 6.04. The number of aryl methyl sites for hydroxylation is 1. The minimum atomic E-state index is -1.44. The summed E-state index contributed by atoms with van der Waals surface area (Å²) in [4.78, 5) is 11.7. The second-order valence-electron chi connectivity index (χ2n) is 9.60. The Hall–Kier alpha value is -4.45. The third-order valence-corrected chi connectivity index (χ3v) is 7.48. The van der Waals surface area contributed by atoms with Gasteiger partial charge < -0.3 is 19.5 Å². The summed E-state index contributed by atoms with van der Waals surface area (Å²) in [6.45, 7) is 1.58. The smallest absolute Gasteiger partial charge is 0.339 e. The van der Waals surface area contributed by atoms with E-state index in [1.165, 1.54) is 37.4 Å². The minimum absolute atomic E-state index is 0.00443. The first kappa shape index (κ1) is 25.2. The molecule has 194 valence electrons. The van der Waals surface area contributed by atoms with Crippen molar-refractivity contribution in [1.29, 1.82) is 5.26 Å². The number of fused-ring (bicyclic) bond motifs is 1. The van der Waals surface area contributed by atoms with Crippen LogP contribution >= 0.6 is 0 Å². The number of aromatic hydroxyl groups is 1. The Morgan fingerprint density at radius 3 is 2.45 bits per heavy atom. The third kappa shape index (κ3) is 3.67. The van der Waals surface area contributed by atoms with Gasteiger partial charge in [0.25, 0.3) is 0 Å². The molecule has 1 heterocycles. The van der Waals surface area contributed by atoms with E-state index in [0.717, 1.165) is 12.5 Å². The summed E-state index contributed by atoms with van der Waals surface area (Å²) in [5.41, 5.74) is 1.28. The maximum atomic E-state index is 14.8. The molecule has 9 heteroatoms. The fourth-order valence-corrected chi connectivity index (χ4v) is 5.47. The Balaban J connectivity index is 2.00. The van der Waals surface area contributed by atoms with Crippen molar-refractivity contribution in [2.45, 2.75) is 38.0 Å². The Bertz CT molecular complexity index is 1670. The van der Waals surface area contributed by atoms with E-state index >= 15 is 0 Å². The van der Waals surface area contributed by atoms with Crippen molar-refractivity contribution in [1.82, 2.24) is 4.57 Å². The van der Waals surface area contributed by atoms with Gasteiger partial charge in [-0.3, -0.25) is 0 Å². The van der Waals surface area contributed by atoms with Crippen molar-refractivity contribution in [2.75, 3.05) is 7.11 Å². The number of methoxy groups -OCH3 is 1. The van der Waals surface area contributed by atoms with Crippen LogP contribution in [0, 0.1) is 35.7 Å². The van der Waals surface area contributed by atoms with Gasteiger partial charge in [0, 0.05) is 34.8 Å². The third-order valence-electron chi connectivity index (χ3n) is 7.48. The summed E-state index contributed by atoms with van der Waals surface area (Å²) in [5.74, 6) is -5.25. The number of aromatic carboxylic acids is 1. The van der Waals surface area contributed by atoms with Crippen LogP contribution in [0.5, 0.6) is 11.5 Å². The summed E-state index contributed by atoms with van der Waals surface area (Å²) in [6.07, 6.45) is 2.09. The van der Waals surface area contributed by atoms with Crippen LogP contribution in [0.4, 0.5) is 13.2 Å². The highest BCUT2D eigenvalue weighted by atomic mass is 19.2. The number of carbonyl (C=O) groups is 1. The monoisotopic (exact) mass is 520 g/mol. The van der Waals surface area contributed by atoms with E-state index in [-0.39, 0.29) is 28.6 Å². The lowest BCUT2D eigenvalue weighted by Gasteiger charge is -2.42. The molecular formula is C29H23F3N2O4. The molecule has 0 radical (unpaired) electrons. The molecule has 6 nitrogen and oxygen atoms in total. The Labute approximate surface area is 216 Å². The zero-order chi connectivity index (χ0) is 27.4. The van der Waals surface area contributed by atoms with Gasteiger partial charge in [-0.05, 0) is 61.2 Å². The molecule has 1 saturated carbocycles. The number of halogens is 3. The molecule has 0 atom stereocenters. The largest absolute Gasteiger partial charge is 0.504 e. The molecule has 1 aromatic heterocycles. The van der Waals surface area contributed by atoms with Crippen LogP contribution in [0.1, 0.15) is 47.3 Å². The maximum Gasteiger partial charge on any atom is 0.339 e. The van der Waals surface area contributed by atoms with E-state index in [1.54, 1.807) is 17.6 Å². The van der Waals surface area contributed by atoms with E-state index < -0.39 is 34.6 Å². The first-order valence-corrected chi connectivity index (χ1v) is 11.9. The second kappa shape index (κ2) is 9.14. The maximum absolute atomic E-state index is 14.8. The number of ether oxygens (including phenoxy) is 1. The summed E-state index contributed by atoms with van der Waals surface area (Å²) >= 11 is 0. The van der Waals surface area contributed by atoms with Crippen LogP contribution in [-0.4, -0.2) is 27.9 Å². The number of rotatable bonds is 6. The van der Waals surface area contributed by atoms with Gasteiger partial charge in [0.1, 0.15) is 17.1 Å². The minimum Gasteiger partial charge on any atom is -0.504 e. The molecule has 1 aliphatic rings. The summed E-state index contributed by atoms with van der Waals surface area (Å²) < 4.78 is 50.8. The van der Waals surface area contributed by atoms with Crippen LogP contribution in [0.3, 0.4) is 0 Å². The number of hydrogen-bond acceptors (Lipinski definition) is 4. The number of carboxylic acids is 1. The van der Waals surface area contributed by atoms with Crippen LogP contribution < -0.4 is 4.74 Å². The van der Waals surface area contributed by atoms with Crippen molar-refractivity contribution in [3.8, 4) is 34.4 Å². The van der Waals surface area contributed by atoms with Crippen molar-refractivity contribution in [3.05, 3.63) is 76.7 Å². The number of nitrogens with zero attached hydrogens (tertiary/aromatic N) is 2. The molecule has 1 aliphatic carbocycles. The zero-order valence-electron chi connectivity index (χ0n) is 20.6. The second-order valence-corrected chi connectivity index (χ2v) is 9.60. The first-order valence-electron chi connectivity index (χ1n) is 11.9. The highest BCUT2D eigenvalue weighted by Gasteiger charge is 2.45. The lowest BCUT2D eigenvalue weighted by molar-refractivity contribution is 0.0693. The molecule has 5 rings (SSSR count). The lowest BCUT2D eigenvalue weighted by atomic mass is 9.63. The number of aromatic nitrogens is 1. The van der Waals surface area contributed by atoms with Crippen LogP contribution in [0.25, 0.3) is 27.7 Å². The van der Waals surface area contributed by atoms with Gasteiger partial charge >= 0.3 is 5.97 Å². The van der Waals surface area contributed by atoms with Gasteiger partial charge in [-0.25, -0.2) is 13.6 Å². The summed E-state index contributed by atoms with van der Waals surface area (Å²) in [7, 11) is 1.31. The summed E-state index contributed by atoms with van der Waals surface area (Å²) in [6, 6.07) is 11.8. The standard InChI is InChI=1S/C29H23F3N2O4/c1-15-12-17(5-7-19(15)30)34-21-14-20(31)25(32)26(35)24(21)23(27(34)29(10-11-33)8-3-9-29)16-4-6-18(28(36)37)22(13-16)38-2/h4-7,12-14,35H,3,8-10H2,1-2H3,(H,36,37). The molecule has 0 amide bonds. The molecule has 38 heavy (non-hydrogen) atoms. The Morgan fingerprint density at radius 2 is 1.87 bits per heavy atom. The van der Waals surface area contributed by atoms with E-state index in [1.807, 2.05) is 0 Å². The van der Waals surface area contributed by atoms with Gasteiger partial charge in [0.2, 0.25) is 5.82 Å². The van der Waals surface area contributed by atoms with Crippen molar-refractivity contribution in [3.63, 3.8) is 0 Å². The van der Waals surface area contributed by atoms with E-state index in [0.29, 0.717) is 40.9 Å². The van der Waals surface area contributed by atoms with Gasteiger partial charge in [-0.15, -0.1) is 0 Å². The average Bonchev–Trinajstić information content (AvgIpc) is 3.20. The summed E-state index contributed by atoms with van der Waals surface area (Å²) in [5, 5.41) is 30.3. The first-order chi connectivity index (χ1) is 18.1. The van der Waals surface area contributed by atoms with Gasteiger partial charge in [-0.1, -0.05) is 12.5 Å². The number of carboxylic acid groups (broad SMARTS) is 1. The molecule has 0 unspecified atom stereocenters. The molecule has 0 bridgehead atoms. The SMILES string of the molecule is COc1cc(-c2c(C3(CC#N)CCC3)n(-c3ccc(F)c(C)c3)c3cc(F)c(F)c(O)c23)ccc1C(=O)O. The fraction of sp³-hybridized carbons (Fsp3) is 0.241. The molecule has 0 spiro atoms. The van der Waals surface area contributed by atoms with Gasteiger partial charge in [0.05, 0.1) is 24.1 Å². The zero-order valence-corrected chi connectivity index (χ0v) is 20.6. The van der Waals surface area contributed by atoms with Gasteiger partial charge in [-0.2, -0.15) is 9.65 Å². The van der Waals surface area contributed by atoms with E-state index in [2.05, 4.69) is 6.07 Å². The molecule has 0 aliphatic heterocycles. The predicted octanol–water partition coefficient (Wildman–Crippen LogP) is 6.77. The number of phenols is 1. The molecular weight excluding hydrogens is 497 g/mol. The van der Waals surface area contributed by atoms with Crippen LogP contribution in [0.2, 0.25) is 0 Å². The topological polar surface area (TPSA) is 95.5 Å². The Kier molecular flexibility index (Phi) is 6.06. The number of benzene rings is 3. The molecule has 1 fully saturated rings. The van der Waals surface area contributed by atoms with Crippen LogP contribution in [0.15, 0.2) is 42.5 Å². The van der Waals surface area contributed by atoms with E-state index in [4.69, 9.17) is 4.74 Å². The number of hydrogen-bond donors (Lipinski definition) is 2. The molecule has 0 saturated heterocycles. The van der Waals surface area contributed by atoms with Crippen molar-refractivity contribution < 1.29 is 32.9 Å². The van der Waals surface area contributed by atoms with E-state index in [9.17, 15) is 33.4 Å². The van der Waals surface area contributed by atoms with Gasteiger partial charge in [0.15, 0.2) is 11.6 Å². The van der Waals surface area contributed by atoms with Crippen molar-refractivity contribution in [2.24, 2.45) is 0 Å². The molecule has 2 N–H and O–H groups in total. The predicted molar refractivity (Wildman–Crippen MR) is 134 cm³/mol.